The smallest absolute Gasteiger partial charge is 0.404 e. The highest BCUT2D eigenvalue weighted by Gasteiger charge is 2.25. The van der Waals surface area contributed by atoms with Gasteiger partial charge in [0.15, 0.2) is 0 Å². The molecule has 1 fully saturated rings. The van der Waals surface area contributed by atoms with Crippen molar-refractivity contribution in [2.75, 3.05) is 7.11 Å². The third-order valence-corrected chi connectivity index (χ3v) is 6.67. The predicted octanol–water partition coefficient (Wildman–Crippen LogP) is 4.33. The normalized spacial score (nSPS) is 20.3. The molecule has 186 valence electrons. The minimum atomic E-state index is -0.985. The number of carboxylic acid groups (broad SMARTS) is 1. The van der Waals surface area contributed by atoms with E-state index in [1.807, 2.05) is 25.1 Å². The number of pyridine rings is 1. The Hall–Kier alpha value is -3.55. The topological polar surface area (TPSA) is 110 Å². The van der Waals surface area contributed by atoms with Gasteiger partial charge >= 0.3 is 6.09 Å². The van der Waals surface area contributed by atoms with E-state index in [-0.39, 0.29) is 18.1 Å². The zero-order valence-corrected chi connectivity index (χ0v) is 20.3. The van der Waals surface area contributed by atoms with E-state index in [4.69, 9.17) is 14.6 Å². The first-order valence-corrected chi connectivity index (χ1v) is 12.2. The molecular weight excluding hydrogens is 446 g/mol. The number of aromatic nitrogens is 1. The Balaban J connectivity index is 1.55. The highest BCUT2D eigenvalue weighted by Crippen LogP contribution is 2.30. The summed E-state index contributed by atoms with van der Waals surface area (Å²) in [7, 11) is 1.60. The molecule has 2 aliphatic rings. The molecule has 35 heavy (non-hydrogen) atoms. The Kier molecular flexibility index (Phi) is 7.90. The van der Waals surface area contributed by atoms with Gasteiger partial charge in [0.05, 0.1) is 13.2 Å². The zero-order chi connectivity index (χ0) is 24.8. The average Bonchev–Trinajstić information content (AvgIpc) is 2.83. The number of hydrogen-bond acceptors (Lipinski definition) is 5. The molecule has 1 aliphatic heterocycles. The van der Waals surface area contributed by atoms with E-state index >= 15 is 0 Å². The molecule has 0 bridgehead atoms. The summed E-state index contributed by atoms with van der Waals surface area (Å²) in [6, 6.07) is 7.62. The molecule has 2 aromatic rings. The van der Waals surface area contributed by atoms with Crippen LogP contribution in [0.2, 0.25) is 0 Å². The van der Waals surface area contributed by atoms with E-state index in [9.17, 15) is 9.59 Å². The van der Waals surface area contributed by atoms with Gasteiger partial charge in [-0.25, -0.2) is 9.78 Å². The standard InChI is InChI=1S/C27H33N3O5/c1-17-15-18-7-4-3-5-8-21-22(25(31)28-16-23(18)26(29-17)34-2)9-6-10-24(21)35-20-13-11-19(12-14-20)30-27(32)33/h3,5-6,9-10,15,19-20,30H,4,7-8,11-14,16H2,1-2H3,(H,28,31)(H,32,33). The van der Waals surface area contributed by atoms with Gasteiger partial charge in [0.2, 0.25) is 5.88 Å². The molecule has 0 spiro atoms. The minimum absolute atomic E-state index is 0.00720. The number of methoxy groups -OCH3 is 1. The summed E-state index contributed by atoms with van der Waals surface area (Å²) in [6.07, 6.45) is 8.55. The van der Waals surface area contributed by atoms with Crippen LogP contribution >= 0.6 is 0 Å². The Morgan fingerprint density at radius 1 is 1.17 bits per heavy atom. The SMILES string of the molecule is COc1nc(C)cc2c1CNC(=O)c1cccc(OC3CCC(NC(=O)O)CC3)c1CC=CCC2. The predicted molar refractivity (Wildman–Crippen MR) is 132 cm³/mol. The Labute approximate surface area is 205 Å². The number of ether oxygens (including phenoxy) is 2. The number of aryl methyl sites for hydroxylation is 2. The minimum Gasteiger partial charge on any atom is -0.490 e. The average molecular weight is 480 g/mol. The van der Waals surface area contributed by atoms with E-state index in [0.29, 0.717) is 30.2 Å². The quantitative estimate of drug-likeness (QED) is 0.563. The van der Waals surface area contributed by atoms with Gasteiger partial charge in [-0.2, -0.15) is 0 Å². The van der Waals surface area contributed by atoms with Crippen LogP contribution in [-0.2, 0) is 19.4 Å². The van der Waals surface area contributed by atoms with Crippen molar-refractivity contribution < 1.29 is 24.2 Å². The summed E-state index contributed by atoms with van der Waals surface area (Å²) in [5.41, 5.74) is 4.38. The molecule has 2 heterocycles. The fraction of sp³-hybridized carbons (Fsp3) is 0.444. The summed E-state index contributed by atoms with van der Waals surface area (Å²) < 4.78 is 11.9. The lowest BCUT2D eigenvalue weighted by Gasteiger charge is -2.29. The first-order valence-electron chi connectivity index (χ1n) is 12.2. The van der Waals surface area contributed by atoms with E-state index in [0.717, 1.165) is 60.9 Å². The van der Waals surface area contributed by atoms with Crippen molar-refractivity contribution in [2.24, 2.45) is 0 Å². The Morgan fingerprint density at radius 3 is 2.71 bits per heavy atom. The largest absolute Gasteiger partial charge is 0.490 e. The number of carbonyl (C=O) groups excluding carboxylic acids is 1. The van der Waals surface area contributed by atoms with Crippen molar-refractivity contribution in [3.8, 4) is 11.6 Å². The molecule has 0 atom stereocenters. The van der Waals surface area contributed by atoms with Crippen LogP contribution in [0, 0.1) is 6.92 Å². The summed E-state index contributed by atoms with van der Waals surface area (Å²) >= 11 is 0. The highest BCUT2D eigenvalue weighted by molar-refractivity contribution is 5.96. The first kappa shape index (κ1) is 24.6. The summed E-state index contributed by atoms with van der Waals surface area (Å²) in [6.45, 7) is 2.28. The van der Waals surface area contributed by atoms with Crippen molar-refractivity contribution in [3.63, 3.8) is 0 Å². The number of hydrogen-bond donors (Lipinski definition) is 3. The van der Waals surface area contributed by atoms with Gasteiger partial charge < -0.3 is 25.2 Å². The van der Waals surface area contributed by atoms with E-state index in [1.165, 1.54) is 0 Å². The monoisotopic (exact) mass is 479 g/mol. The number of nitrogens with zero attached hydrogens (tertiary/aromatic N) is 1. The van der Waals surface area contributed by atoms with Crippen LogP contribution in [0.4, 0.5) is 4.79 Å². The number of amides is 2. The van der Waals surface area contributed by atoms with E-state index in [1.54, 1.807) is 7.11 Å². The van der Waals surface area contributed by atoms with Crippen LogP contribution in [0.3, 0.4) is 0 Å². The summed E-state index contributed by atoms with van der Waals surface area (Å²) in [5, 5.41) is 14.6. The van der Waals surface area contributed by atoms with Crippen LogP contribution in [0.5, 0.6) is 11.6 Å². The lowest BCUT2D eigenvalue weighted by Crippen LogP contribution is -2.39. The highest BCUT2D eigenvalue weighted by atomic mass is 16.5. The lowest BCUT2D eigenvalue weighted by molar-refractivity contribution is 0.0947. The first-order chi connectivity index (χ1) is 16.9. The van der Waals surface area contributed by atoms with Crippen molar-refractivity contribution >= 4 is 12.0 Å². The molecule has 0 saturated heterocycles. The van der Waals surface area contributed by atoms with Gasteiger partial charge in [0.1, 0.15) is 5.75 Å². The second-order valence-electron chi connectivity index (χ2n) is 9.13. The maximum Gasteiger partial charge on any atom is 0.404 e. The van der Waals surface area contributed by atoms with Gasteiger partial charge in [-0.05, 0) is 75.6 Å². The van der Waals surface area contributed by atoms with Gasteiger partial charge in [0, 0.05) is 35.0 Å². The number of rotatable bonds is 4. The van der Waals surface area contributed by atoms with Crippen molar-refractivity contribution in [1.29, 1.82) is 0 Å². The number of benzene rings is 1. The van der Waals surface area contributed by atoms with E-state index < -0.39 is 6.09 Å². The van der Waals surface area contributed by atoms with Crippen molar-refractivity contribution in [2.45, 2.75) is 70.6 Å². The van der Waals surface area contributed by atoms with E-state index in [2.05, 4.69) is 33.8 Å². The fourth-order valence-electron chi connectivity index (χ4n) is 4.92. The molecular formula is C27H33N3O5. The zero-order valence-electron chi connectivity index (χ0n) is 20.3. The third kappa shape index (κ3) is 6.12. The fourth-order valence-corrected chi connectivity index (χ4v) is 4.92. The molecule has 0 unspecified atom stereocenters. The molecule has 3 N–H and O–H groups in total. The number of nitrogens with one attached hydrogen (secondary N) is 2. The number of fused-ring (bicyclic) bond motifs is 2. The summed E-state index contributed by atoms with van der Waals surface area (Å²) in [4.78, 5) is 28.7. The molecule has 1 saturated carbocycles. The Morgan fingerprint density at radius 2 is 1.97 bits per heavy atom. The van der Waals surface area contributed by atoms with Gasteiger partial charge in [-0.1, -0.05) is 18.2 Å². The van der Waals surface area contributed by atoms with Crippen LogP contribution in [0.1, 0.15) is 64.8 Å². The molecule has 2 amide bonds. The molecule has 1 aromatic heterocycles. The van der Waals surface area contributed by atoms with Crippen LogP contribution < -0.4 is 20.1 Å². The second kappa shape index (κ2) is 11.3. The van der Waals surface area contributed by atoms with Crippen molar-refractivity contribution in [1.82, 2.24) is 15.6 Å². The van der Waals surface area contributed by atoms with Crippen molar-refractivity contribution in [3.05, 3.63) is 64.4 Å². The van der Waals surface area contributed by atoms with Gasteiger partial charge in [0.25, 0.3) is 5.91 Å². The molecule has 8 heteroatoms. The molecule has 8 nitrogen and oxygen atoms in total. The number of allylic oxidation sites excluding steroid dienone is 2. The number of carbonyl (C=O) groups is 2. The molecule has 1 aliphatic carbocycles. The lowest BCUT2D eigenvalue weighted by atomic mass is 9.92. The third-order valence-electron chi connectivity index (χ3n) is 6.67. The maximum atomic E-state index is 13.3. The van der Waals surface area contributed by atoms with Crippen LogP contribution in [-0.4, -0.2) is 41.3 Å². The van der Waals surface area contributed by atoms with Crippen LogP contribution in [0.15, 0.2) is 36.4 Å². The molecule has 1 aromatic carbocycles. The van der Waals surface area contributed by atoms with Gasteiger partial charge in [-0.15, -0.1) is 0 Å². The molecule has 4 rings (SSSR count). The van der Waals surface area contributed by atoms with Crippen LogP contribution in [0.25, 0.3) is 0 Å². The second-order valence-corrected chi connectivity index (χ2v) is 9.13. The maximum absolute atomic E-state index is 13.3. The van der Waals surface area contributed by atoms with Gasteiger partial charge in [-0.3, -0.25) is 4.79 Å². The Bertz CT molecular complexity index is 1110. The molecule has 0 radical (unpaired) electrons. The summed E-state index contributed by atoms with van der Waals surface area (Å²) in [5.74, 6) is 1.10.